The molecule has 0 spiro atoms. The number of thiophene rings is 1. The first-order valence-corrected chi connectivity index (χ1v) is 10.8. The molecule has 0 bridgehead atoms. The molecule has 8 heteroatoms. The number of nitrogens with one attached hydrogen (secondary N) is 2. The molecule has 0 radical (unpaired) electrons. The molecule has 2 aromatic heterocycles. The lowest BCUT2D eigenvalue weighted by atomic mass is 10.1. The molecule has 4 aromatic rings. The number of aryl methyl sites for hydroxylation is 1. The van der Waals surface area contributed by atoms with Crippen molar-refractivity contribution < 1.29 is 18.7 Å². The van der Waals surface area contributed by atoms with Gasteiger partial charge in [-0.3, -0.25) is 9.59 Å². The summed E-state index contributed by atoms with van der Waals surface area (Å²) in [5.41, 5.74) is 1.91. The van der Waals surface area contributed by atoms with Crippen LogP contribution < -0.4 is 15.4 Å². The second-order valence-electron chi connectivity index (χ2n) is 6.96. The van der Waals surface area contributed by atoms with E-state index in [1.807, 2.05) is 17.5 Å². The standard InChI is InChI=1S/C24H21N3O4S/c1-15-20(27-24(31-15)21-11-6-12-32-21)14-22(28)26-19-10-4-3-9-18(19)23(29)25-16-7-5-8-17(13-16)30-2/h3-13H,14H2,1-2H3,(H,25,29)(H,26,28). The van der Waals surface area contributed by atoms with E-state index in [2.05, 4.69) is 15.6 Å². The quantitative estimate of drug-likeness (QED) is 0.408. The molecule has 2 N–H and O–H groups in total. The van der Waals surface area contributed by atoms with E-state index in [1.165, 1.54) is 11.3 Å². The van der Waals surface area contributed by atoms with E-state index in [-0.39, 0.29) is 18.2 Å². The Morgan fingerprint density at radius 3 is 2.69 bits per heavy atom. The molecule has 4 rings (SSSR count). The molecule has 2 aromatic carbocycles. The molecule has 2 heterocycles. The van der Waals surface area contributed by atoms with Gasteiger partial charge in [-0.25, -0.2) is 4.98 Å². The number of anilines is 2. The Morgan fingerprint density at radius 2 is 1.91 bits per heavy atom. The number of ether oxygens (including phenoxy) is 1. The first-order valence-electron chi connectivity index (χ1n) is 9.88. The predicted molar refractivity (Wildman–Crippen MR) is 124 cm³/mol. The van der Waals surface area contributed by atoms with E-state index < -0.39 is 0 Å². The Morgan fingerprint density at radius 1 is 1.06 bits per heavy atom. The largest absolute Gasteiger partial charge is 0.497 e. The highest BCUT2D eigenvalue weighted by molar-refractivity contribution is 7.13. The van der Waals surface area contributed by atoms with Gasteiger partial charge in [-0.15, -0.1) is 11.3 Å². The number of para-hydroxylation sites is 1. The van der Waals surface area contributed by atoms with Crippen LogP contribution in [0.3, 0.4) is 0 Å². The average molecular weight is 448 g/mol. The van der Waals surface area contributed by atoms with Crippen molar-refractivity contribution in [3.63, 3.8) is 0 Å². The molecule has 0 aliphatic rings. The topological polar surface area (TPSA) is 93.5 Å². The fourth-order valence-corrected chi connectivity index (χ4v) is 3.78. The van der Waals surface area contributed by atoms with Gasteiger partial charge >= 0.3 is 0 Å². The molecule has 7 nitrogen and oxygen atoms in total. The highest BCUT2D eigenvalue weighted by Gasteiger charge is 2.18. The molecular formula is C24H21N3O4S. The van der Waals surface area contributed by atoms with E-state index in [0.29, 0.717) is 40.0 Å². The van der Waals surface area contributed by atoms with Crippen LogP contribution in [0.4, 0.5) is 11.4 Å². The maximum Gasteiger partial charge on any atom is 0.257 e. The van der Waals surface area contributed by atoms with Crippen molar-refractivity contribution in [2.45, 2.75) is 13.3 Å². The monoisotopic (exact) mass is 447 g/mol. The highest BCUT2D eigenvalue weighted by atomic mass is 32.1. The molecule has 0 saturated carbocycles. The highest BCUT2D eigenvalue weighted by Crippen LogP contribution is 2.26. The minimum absolute atomic E-state index is 0.0343. The summed E-state index contributed by atoms with van der Waals surface area (Å²) >= 11 is 1.52. The van der Waals surface area contributed by atoms with E-state index >= 15 is 0 Å². The fourth-order valence-electron chi connectivity index (χ4n) is 3.13. The lowest BCUT2D eigenvalue weighted by molar-refractivity contribution is -0.115. The first kappa shape index (κ1) is 21.3. The third-order valence-electron chi connectivity index (χ3n) is 4.73. The Hall–Kier alpha value is -3.91. The number of carbonyl (C=O) groups excluding carboxylic acids is 2. The Kier molecular flexibility index (Phi) is 6.32. The van der Waals surface area contributed by atoms with Gasteiger partial charge in [0.25, 0.3) is 5.91 Å². The molecule has 0 unspecified atom stereocenters. The van der Waals surface area contributed by atoms with Crippen LogP contribution in [0.1, 0.15) is 21.8 Å². The van der Waals surface area contributed by atoms with Crippen molar-refractivity contribution in [3.05, 3.63) is 83.1 Å². The summed E-state index contributed by atoms with van der Waals surface area (Å²) in [6.07, 6.45) is 0.0343. The third-order valence-corrected chi connectivity index (χ3v) is 5.58. The molecule has 162 valence electrons. The van der Waals surface area contributed by atoms with Crippen LogP contribution in [0.5, 0.6) is 5.75 Å². The third kappa shape index (κ3) is 4.87. The number of benzene rings is 2. The molecule has 2 amide bonds. The lowest BCUT2D eigenvalue weighted by Gasteiger charge is -2.12. The second-order valence-corrected chi connectivity index (χ2v) is 7.90. The van der Waals surface area contributed by atoms with Gasteiger partial charge in [-0.05, 0) is 42.6 Å². The van der Waals surface area contributed by atoms with Crippen LogP contribution in [-0.2, 0) is 11.2 Å². The number of aromatic nitrogens is 1. The zero-order chi connectivity index (χ0) is 22.5. The van der Waals surface area contributed by atoms with Gasteiger partial charge in [-0.2, -0.15) is 0 Å². The molecule has 0 fully saturated rings. The first-order chi connectivity index (χ1) is 15.5. The van der Waals surface area contributed by atoms with Gasteiger partial charge in [0.1, 0.15) is 11.5 Å². The minimum Gasteiger partial charge on any atom is -0.497 e. The van der Waals surface area contributed by atoms with Crippen molar-refractivity contribution in [2.75, 3.05) is 17.7 Å². The molecule has 0 atom stereocenters. The second kappa shape index (κ2) is 9.49. The van der Waals surface area contributed by atoms with Gasteiger partial charge in [0.15, 0.2) is 0 Å². The van der Waals surface area contributed by atoms with Crippen LogP contribution in [0.15, 0.2) is 70.5 Å². The number of methoxy groups -OCH3 is 1. The Bertz CT molecular complexity index is 1250. The number of carbonyl (C=O) groups is 2. The molecule has 0 saturated heterocycles. The van der Waals surface area contributed by atoms with Gasteiger partial charge in [0.2, 0.25) is 11.8 Å². The SMILES string of the molecule is COc1cccc(NC(=O)c2ccccc2NC(=O)Cc2nc(-c3cccs3)oc2C)c1. The summed E-state index contributed by atoms with van der Waals surface area (Å²) in [6.45, 7) is 1.78. The van der Waals surface area contributed by atoms with Crippen LogP contribution in [0, 0.1) is 6.92 Å². The van der Waals surface area contributed by atoms with E-state index in [1.54, 1.807) is 62.6 Å². The Balaban J connectivity index is 1.47. The average Bonchev–Trinajstić information content (AvgIpc) is 3.44. The number of oxazole rings is 1. The lowest BCUT2D eigenvalue weighted by Crippen LogP contribution is -2.19. The minimum atomic E-state index is -0.341. The fraction of sp³-hybridized carbons (Fsp3) is 0.125. The molecule has 0 aliphatic carbocycles. The van der Waals surface area contributed by atoms with Gasteiger partial charge in [0.05, 0.1) is 35.4 Å². The van der Waals surface area contributed by atoms with E-state index in [0.717, 1.165) is 4.88 Å². The summed E-state index contributed by atoms with van der Waals surface area (Å²) in [6, 6.07) is 17.7. The van der Waals surface area contributed by atoms with Crippen molar-refractivity contribution in [3.8, 4) is 16.5 Å². The summed E-state index contributed by atoms with van der Waals surface area (Å²) in [4.78, 5) is 30.9. The van der Waals surface area contributed by atoms with Crippen LogP contribution in [0.2, 0.25) is 0 Å². The smallest absolute Gasteiger partial charge is 0.257 e. The number of nitrogens with zero attached hydrogens (tertiary/aromatic N) is 1. The number of hydrogen-bond donors (Lipinski definition) is 2. The van der Waals surface area contributed by atoms with Gasteiger partial charge in [0, 0.05) is 11.8 Å². The van der Waals surface area contributed by atoms with E-state index in [9.17, 15) is 9.59 Å². The van der Waals surface area contributed by atoms with Gasteiger partial charge in [-0.1, -0.05) is 24.3 Å². The Labute approximate surface area is 189 Å². The van der Waals surface area contributed by atoms with Crippen molar-refractivity contribution in [1.82, 2.24) is 4.98 Å². The maximum atomic E-state index is 12.8. The van der Waals surface area contributed by atoms with Crippen molar-refractivity contribution in [1.29, 1.82) is 0 Å². The molecule has 0 aliphatic heterocycles. The van der Waals surface area contributed by atoms with Crippen molar-refractivity contribution in [2.24, 2.45) is 0 Å². The predicted octanol–water partition coefficient (Wildman–Crippen LogP) is 5.15. The number of amides is 2. The normalized spacial score (nSPS) is 10.6. The van der Waals surface area contributed by atoms with Crippen LogP contribution in [0.25, 0.3) is 10.8 Å². The van der Waals surface area contributed by atoms with Crippen molar-refractivity contribution >= 4 is 34.5 Å². The van der Waals surface area contributed by atoms with Crippen LogP contribution >= 0.6 is 11.3 Å². The number of hydrogen-bond acceptors (Lipinski definition) is 6. The van der Waals surface area contributed by atoms with Gasteiger partial charge < -0.3 is 19.8 Å². The maximum absolute atomic E-state index is 12.8. The zero-order valence-corrected chi connectivity index (χ0v) is 18.4. The van der Waals surface area contributed by atoms with Crippen LogP contribution in [-0.4, -0.2) is 23.9 Å². The number of rotatable bonds is 7. The zero-order valence-electron chi connectivity index (χ0n) is 17.5. The molecular weight excluding hydrogens is 426 g/mol. The summed E-state index contributed by atoms with van der Waals surface area (Å²) in [5.74, 6) is 1.09. The summed E-state index contributed by atoms with van der Waals surface area (Å²) in [7, 11) is 1.56. The molecule has 32 heavy (non-hydrogen) atoms. The van der Waals surface area contributed by atoms with E-state index in [4.69, 9.17) is 9.15 Å². The summed E-state index contributed by atoms with van der Waals surface area (Å²) < 4.78 is 10.9. The summed E-state index contributed by atoms with van der Waals surface area (Å²) in [5, 5.41) is 7.58.